The van der Waals surface area contributed by atoms with Crippen LogP contribution in [0.4, 0.5) is 0 Å². The van der Waals surface area contributed by atoms with E-state index in [1.165, 1.54) is 30.6 Å². The quantitative estimate of drug-likeness (QED) is 0.897. The molecule has 7 heteroatoms. The molecule has 0 bridgehead atoms. The summed E-state index contributed by atoms with van der Waals surface area (Å²) < 4.78 is 10.5. The molecule has 2 heterocycles. The van der Waals surface area contributed by atoms with Gasteiger partial charge >= 0.3 is 0 Å². The maximum Gasteiger partial charge on any atom is 0.261 e. The minimum atomic E-state index is -0.0160. The molecule has 0 spiro atoms. The predicted octanol–water partition coefficient (Wildman–Crippen LogP) is 3.22. The Morgan fingerprint density at radius 1 is 1.25 bits per heavy atom. The molecule has 6 nitrogen and oxygen atoms in total. The first kappa shape index (κ1) is 17.1. The predicted molar refractivity (Wildman–Crippen MR) is 93.8 cm³/mol. The van der Waals surface area contributed by atoms with E-state index in [1.54, 1.807) is 14.2 Å². The second-order valence-corrected chi connectivity index (χ2v) is 7.13. The van der Waals surface area contributed by atoms with E-state index in [9.17, 15) is 4.79 Å². The van der Waals surface area contributed by atoms with E-state index >= 15 is 0 Å². The summed E-state index contributed by atoms with van der Waals surface area (Å²) >= 11 is 1.39. The number of nitrogens with zero attached hydrogens (tertiary/aromatic N) is 2. The lowest BCUT2D eigenvalue weighted by molar-refractivity contribution is 0.0931. The summed E-state index contributed by atoms with van der Waals surface area (Å²) in [6.07, 6.45) is 5.78. The number of nitrogens with one attached hydrogen (secondary N) is 1. The van der Waals surface area contributed by atoms with Gasteiger partial charge < -0.3 is 14.8 Å². The van der Waals surface area contributed by atoms with Crippen LogP contribution in [0.3, 0.4) is 0 Å². The number of fused-ring (bicyclic) bond motifs is 1. The number of thiophene rings is 1. The zero-order valence-corrected chi connectivity index (χ0v) is 15.2. The van der Waals surface area contributed by atoms with Gasteiger partial charge in [0.2, 0.25) is 5.88 Å². The van der Waals surface area contributed by atoms with Crippen LogP contribution in [0.5, 0.6) is 5.88 Å². The molecular formula is C17H23N3O3S. The Kier molecular flexibility index (Phi) is 5.30. The maximum absolute atomic E-state index is 12.7. The Morgan fingerprint density at radius 2 is 2.00 bits per heavy atom. The van der Waals surface area contributed by atoms with Crippen LogP contribution < -0.4 is 10.1 Å². The van der Waals surface area contributed by atoms with Gasteiger partial charge in [0.25, 0.3) is 5.91 Å². The Balaban J connectivity index is 1.93. The molecule has 1 fully saturated rings. The molecular weight excluding hydrogens is 326 g/mol. The van der Waals surface area contributed by atoms with Crippen LogP contribution in [0.25, 0.3) is 10.2 Å². The molecule has 1 saturated carbocycles. The van der Waals surface area contributed by atoms with E-state index in [0.717, 1.165) is 28.6 Å². The number of carbonyl (C=O) groups excluding carboxylic acids is 1. The van der Waals surface area contributed by atoms with E-state index in [0.29, 0.717) is 23.2 Å². The van der Waals surface area contributed by atoms with Crippen LogP contribution in [0.15, 0.2) is 0 Å². The molecule has 1 amide bonds. The molecule has 3 rings (SSSR count). The van der Waals surface area contributed by atoms with Gasteiger partial charge in [-0.25, -0.2) is 4.98 Å². The van der Waals surface area contributed by atoms with Crippen LogP contribution in [-0.4, -0.2) is 36.1 Å². The minimum Gasteiger partial charge on any atom is -0.480 e. The highest BCUT2D eigenvalue weighted by Crippen LogP contribution is 2.35. The fourth-order valence-electron chi connectivity index (χ4n) is 3.20. The third-order valence-corrected chi connectivity index (χ3v) is 5.60. The smallest absolute Gasteiger partial charge is 0.261 e. The maximum atomic E-state index is 12.7. The van der Waals surface area contributed by atoms with Crippen LogP contribution in [0.2, 0.25) is 0 Å². The van der Waals surface area contributed by atoms with Crippen molar-refractivity contribution >= 4 is 27.5 Å². The molecule has 1 N–H and O–H groups in total. The third kappa shape index (κ3) is 3.37. The number of aryl methyl sites for hydroxylation is 1. The summed E-state index contributed by atoms with van der Waals surface area (Å²) in [4.78, 5) is 23.0. The molecule has 0 saturated heterocycles. The number of aromatic nitrogens is 2. The highest BCUT2D eigenvalue weighted by atomic mass is 32.1. The largest absolute Gasteiger partial charge is 0.480 e. The van der Waals surface area contributed by atoms with Crippen LogP contribution >= 0.6 is 11.3 Å². The number of ether oxygens (including phenoxy) is 2. The number of methoxy groups -OCH3 is 2. The molecule has 0 unspecified atom stereocenters. The van der Waals surface area contributed by atoms with E-state index in [2.05, 4.69) is 15.3 Å². The molecule has 2 aromatic heterocycles. The van der Waals surface area contributed by atoms with E-state index < -0.39 is 0 Å². The highest BCUT2D eigenvalue weighted by molar-refractivity contribution is 7.20. The van der Waals surface area contributed by atoms with Gasteiger partial charge in [-0.05, 0) is 25.3 Å². The van der Waals surface area contributed by atoms with E-state index in [1.807, 2.05) is 6.92 Å². The van der Waals surface area contributed by atoms with Gasteiger partial charge in [0.15, 0.2) is 5.82 Å². The minimum absolute atomic E-state index is 0.0160. The molecule has 24 heavy (non-hydrogen) atoms. The molecule has 1 aliphatic rings. The number of carbonyl (C=O) groups is 1. The van der Waals surface area contributed by atoms with Crippen molar-refractivity contribution in [3.63, 3.8) is 0 Å². The Hall–Kier alpha value is -1.73. The van der Waals surface area contributed by atoms with E-state index in [4.69, 9.17) is 9.47 Å². The fourth-order valence-corrected chi connectivity index (χ4v) is 4.29. The topological polar surface area (TPSA) is 73.3 Å². The molecule has 1 aliphatic carbocycles. The second kappa shape index (κ2) is 7.44. The first-order chi connectivity index (χ1) is 11.6. The molecule has 0 aliphatic heterocycles. The summed E-state index contributed by atoms with van der Waals surface area (Å²) in [5.41, 5.74) is 0.879. The SMILES string of the molecule is COCc1nc(OC)c2c(C)c(C(=O)NC3CCCCC3)sc2n1. The van der Waals surface area contributed by atoms with Crippen LogP contribution in [0.1, 0.15) is 53.2 Å². The Morgan fingerprint density at radius 3 is 2.67 bits per heavy atom. The van der Waals surface area contributed by atoms with Crippen molar-refractivity contribution in [2.45, 2.75) is 51.7 Å². The normalized spacial score (nSPS) is 15.6. The van der Waals surface area contributed by atoms with Crippen molar-refractivity contribution in [1.82, 2.24) is 15.3 Å². The van der Waals surface area contributed by atoms with Gasteiger partial charge in [-0.3, -0.25) is 4.79 Å². The van der Waals surface area contributed by atoms with Crippen molar-refractivity contribution in [3.05, 3.63) is 16.3 Å². The van der Waals surface area contributed by atoms with Crippen LogP contribution in [-0.2, 0) is 11.3 Å². The summed E-state index contributed by atoms with van der Waals surface area (Å²) in [6.45, 7) is 2.24. The molecule has 0 aromatic carbocycles. The lowest BCUT2D eigenvalue weighted by Gasteiger charge is -2.22. The average Bonchev–Trinajstić information content (AvgIpc) is 2.92. The molecule has 0 radical (unpaired) electrons. The van der Waals surface area contributed by atoms with Crippen molar-refractivity contribution in [1.29, 1.82) is 0 Å². The van der Waals surface area contributed by atoms with Crippen LogP contribution in [0, 0.1) is 6.92 Å². The first-order valence-corrected chi connectivity index (χ1v) is 9.09. The monoisotopic (exact) mass is 349 g/mol. The zero-order valence-electron chi connectivity index (χ0n) is 14.3. The van der Waals surface area contributed by atoms with Crippen molar-refractivity contribution in [3.8, 4) is 5.88 Å². The summed E-state index contributed by atoms with van der Waals surface area (Å²) in [7, 11) is 3.18. The van der Waals surface area contributed by atoms with Gasteiger partial charge in [-0.15, -0.1) is 11.3 Å². The number of hydrogen-bond donors (Lipinski definition) is 1. The number of amides is 1. The summed E-state index contributed by atoms with van der Waals surface area (Å²) in [5, 5.41) is 3.99. The van der Waals surface area contributed by atoms with Gasteiger partial charge in [-0.2, -0.15) is 4.98 Å². The van der Waals surface area contributed by atoms with E-state index in [-0.39, 0.29) is 11.9 Å². The lowest BCUT2D eigenvalue weighted by Crippen LogP contribution is -2.36. The summed E-state index contributed by atoms with van der Waals surface area (Å²) in [5.74, 6) is 1.04. The van der Waals surface area contributed by atoms with Gasteiger partial charge in [0, 0.05) is 13.2 Å². The van der Waals surface area contributed by atoms with Gasteiger partial charge in [0.1, 0.15) is 11.4 Å². The van der Waals surface area contributed by atoms with Gasteiger partial charge in [-0.1, -0.05) is 19.3 Å². The molecule has 0 atom stereocenters. The Labute approximate surface area is 145 Å². The highest BCUT2D eigenvalue weighted by Gasteiger charge is 2.23. The molecule has 130 valence electrons. The Bertz CT molecular complexity index is 738. The second-order valence-electron chi connectivity index (χ2n) is 6.13. The number of rotatable bonds is 5. The van der Waals surface area contributed by atoms with Crippen molar-refractivity contribution in [2.75, 3.05) is 14.2 Å². The third-order valence-electron chi connectivity index (χ3n) is 4.42. The number of hydrogen-bond acceptors (Lipinski definition) is 6. The van der Waals surface area contributed by atoms with Crippen molar-refractivity contribution < 1.29 is 14.3 Å². The van der Waals surface area contributed by atoms with Crippen molar-refractivity contribution in [2.24, 2.45) is 0 Å². The molecule has 2 aromatic rings. The van der Waals surface area contributed by atoms with Gasteiger partial charge in [0.05, 0.1) is 17.4 Å². The average molecular weight is 349 g/mol. The first-order valence-electron chi connectivity index (χ1n) is 8.27. The zero-order chi connectivity index (χ0) is 17.1. The fraction of sp³-hybridized carbons (Fsp3) is 0.588. The standard InChI is InChI=1S/C17H23N3O3S/c1-10-13-16(23-3)19-12(9-22-2)20-17(13)24-14(10)15(21)18-11-7-5-4-6-8-11/h11H,4-9H2,1-3H3,(H,18,21). The lowest BCUT2D eigenvalue weighted by atomic mass is 9.95. The summed E-state index contributed by atoms with van der Waals surface area (Å²) in [6, 6.07) is 0.285.